The van der Waals surface area contributed by atoms with Gasteiger partial charge in [0.1, 0.15) is 11.6 Å². The lowest BCUT2D eigenvalue weighted by Crippen LogP contribution is -2.14. The fourth-order valence-corrected chi connectivity index (χ4v) is 1.34. The Hall–Kier alpha value is -1.22. The van der Waals surface area contributed by atoms with Gasteiger partial charge in [-0.05, 0) is 44.1 Å². The van der Waals surface area contributed by atoms with Crippen molar-refractivity contribution in [3.8, 4) is 0 Å². The monoisotopic (exact) mass is 225 g/mol. The van der Waals surface area contributed by atoms with Gasteiger partial charge in [-0.1, -0.05) is 19.1 Å². The Morgan fingerprint density at radius 3 is 2.81 bits per heavy atom. The highest BCUT2D eigenvalue weighted by Crippen LogP contribution is 2.11. The van der Waals surface area contributed by atoms with Gasteiger partial charge in [0, 0.05) is 5.56 Å². The van der Waals surface area contributed by atoms with Crippen molar-refractivity contribution in [2.45, 2.75) is 19.8 Å². The van der Waals surface area contributed by atoms with Crippen LogP contribution >= 0.6 is 0 Å². The second-order valence-electron chi connectivity index (χ2n) is 3.61. The molecule has 0 radical (unpaired) electrons. The molecule has 0 aliphatic carbocycles. The minimum atomic E-state index is -0.412. The lowest BCUT2D eigenvalue weighted by Gasteiger charge is -1.99. The van der Waals surface area contributed by atoms with Crippen molar-refractivity contribution < 1.29 is 8.78 Å². The maximum absolute atomic E-state index is 13.2. The van der Waals surface area contributed by atoms with E-state index in [-0.39, 0.29) is 5.82 Å². The summed E-state index contributed by atoms with van der Waals surface area (Å²) >= 11 is 0. The summed E-state index contributed by atoms with van der Waals surface area (Å²) in [6.45, 7) is 3.95. The van der Waals surface area contributed by atoms with Gasteiger partial charge in [0.25, 0.3) is 0 Å². The van der Waals surface area contributed by atoms with Crippen molar-refractivity contribution >= 4 is 6.08 Å². The zero-order valence-corrected chi connectivity index (χ0v) is 9.47. The van der Waals surface area contributed by atoms with E-state index >= 15 is 0 Å². The van der Waals surface area contributed by atoms with E-state index < -0.39 is 5.82 Å². The molecule has 88 valence electrons. The van der Waals surface area contributed by atoms with Crippen LogP contribution < -0.4 is 5.32 Å². The smallest absolute Gasteiger partial charge is 0.130 e. The highest BCUT2D eigenvalue weighted by Gasteiger charge is 1.99. The number of rotatable bonds is 6. The largest absolute Gasteiger partial charge is 0.316 e. The van der Waals surface area contributed by atoms with Gasteiger partial charge in [-0.3, -0.25) is 0 Å². The van der Waals surface area contributed by atoms with Gasteiger partial charge in [-0.2, -0.15) is 0 Å². The normalized spacial score (nSPS) is 11.2. The minimum Gasteiger partial charge on any atom is -0.316 e. The first kappa shape index (κ1) is 12.8. The average Bonchev–Trinajstić information content (AvgIpc) is 2.28. The summed E-state index contributed by atoms with van der Waals surface area (Å²) in [4.78, 5) is 0. The molecule has 1 rings (SSSR count). The highest BCUT2D eigenvalue weighted by molar-refractivity contribution is 5.49. The Labute approximate surface area is 95.2 Å². The van der Waals surface area contributed by atoms with Crippen molar-refractivity contribution in [3.05, 3.63) is 41.5 Å². The molecular formula is C13H17F2N. The third kappa shape index (κ3) is 4.53. The van der Waals surface area contributed by atoms with Crippen molar-refractivity contribution in [3.63, 3.8) is 0 Å². The number of benzene rings is 1. The minimum absolute atomic E-state index is 0.301. The van der Waals surface area contributed by atoms with E-state index in [2.05, 4.69) is 12.2 Å². The molecule has 0 fully saturated rings. The van der Waals surface area contributed by atoms with Gasteiger partial charge in [0.05, 0.1) is 0 Å². The SMILES string of the molecule is CCCNCCC=Cc1cc(F)ccc1F. The molecule has 0 aromatic heterocycles. The van der Waals surface area contributed by atoms with E-state index in [1.54, 1.807) is 6.08 Å². The summed E-state index contributed by atoms with van der Waals surface area (Å²) < 4.78 is 26.0. The molecule has 0 spiro atoms. The van der Waals surface area contributed by atoms with Gasteiger partial charge in [-0.25, -0.2) is 8.78 Å². The first-order valence-corrected chi connectivity index (χ1v) is 5.56. The maximum Gasteiger partial charge on any atom is 0.130 e. The zero-order valence-electron chi connectivity index (χ0n) is 9.47. The molecular weight excluding hydrogens is 208 g/mol. The summed E-state index contributed by atoms with van der Waals surface area (Å²) in [7, 11) is 0. The van der Waals surface area contributed by atoms with Crippen LogP contribution in [0.4, 0.5) is 8.78 Å². The van der Waals surface area contributed by atoms with E-state index in [9.17, 15) is 8.78 Å². The van der Waals surface area contributed by atoms with Crippen LogP contribution in [0.2, 0.25) is 0 Å². The lowest BCUT2D eigenvalue weighted by molar-refractivity contribution is 0.598. The van der Waals surface area contributed by atoms with E-state index in [4.69, 9.17) is 0 Å². The number of nitrogens with one attached hydrogen (secondary N) is 1. The molecule has 0 bridgehead atoms. The van der Waals surface area contributed by atoms with Gasteiger partial charge in [0.15, 0.2) is 0 Å². The summed E-state index contributed by atoms with van der Waals surface area (Å²) in [6, 6.07) is 3.46. The fourth-order valence-electron chi connectivity index (χ4n) is 1.34. The predicted molar refractivity (Wildman–Crippen MR) is 63.2 cm³/mol. The van der Waals surface area contributed by atoms with E-state index in [1.807, 2.05) is 6.08 Å². The molecule has 0 aliphatic heterocycles. The highest BCUT2D eigenvalue weighted by atomic mass is 19.1. The van der Waals surface area contributed by atoms with Gasteiger partial charge >= 0.3 is 0 Å². The number of halogens is 2. The average molecular weight is 225 g/mol. The van der Waals surface area contributed by atoms with Crippen LogP contribution in [0.1, 0.15) is 25.3 Å². The molecule has 0 saturated heterocycles. The molecule has 0 aliphatic rings. The van der Waals surface area contributed by atoms with Crippen LogP contribution in [0.5, 0.6) is 0 Å². The Morgan fingerprint density at radius 2 is 2.06 bits per heavy atom. The Balaban J connectivity index is 2.40. The van der Waals surface area contributed by atoms with Crippen LogP contribution in [0, 0.1) is 11.6 Å². The van der Waals surface area contributed by atoms with Crippen LogP contribution in [-0.4, -0.2) is 13.1 Å². The molecule has 0 heterocycles. The number of hydrogen-bond acceptors (Lipinski definition) is 1. The summed E-state index contributed by atoms with van der Waals surface area (Å²) in [5.41, 5.74) is 0.301. The van der Waals surface area contributed by atoms with Crippen molar-refractivity contribution in [1.82, 2.24) is 5.32 Å². The van der Waals surface area contributed by atoms with Gasteiger partial charge in [-0.15, -0.1) is 0 Å². The Morgan fingerprint density at radius 1 is 1.25 bits per heavy atom. The molecule has 3 heteroatoms. The third-order valence-electron chi connectivity index (χ3n) is 2.17. The Kier molecular flexibility index (Phi) is 5.72. The second kappa shape index (κ2) is 7.12. The van der Waals surface area contributed by atoms with Crippen molar-refractivity contribution in [2.24, 2.45) is 0 Å². The molecule has 1 nitrogen and oxygen atoms in total. The van der Waals surface area contributed by atoms with Crippen molar-refractivity contribution in [2.75, 3.05) is 13.1 Å². The summed E-state index contributed by atoms with van der Waals surface area (Å²) in [5.74, 6) is -0.802. The van der Waals surface area contributed by atoms with E-state index in [1.165, 1.54) is 6.07 Å². The molecule has 1 aromatic rings. The topological polar surface area (TPSA) is 12.0 Å². The van der Waals surface area contributed by atoms with Crippen LogP contribution in [0.25, 0.3) is 6.08 Å². The van der Waals surface area contributed by atoms with E-state index in [0.717, 1.165) is 38.1 Å². The van der Waals surface area contributed by atoms with Gasteiger partial charge in [0.2, 0.25) is 0 Å². The second-order valence-corrected chi connectivity index (χ2v) is 3.61. The van der Waals surface area contributed by atoms with E-state index in [0.29, 0.717) is 5.56 Å². The standard InChI is InChI=1S/C13H17F2N/c1-2-8-16-9-4-3-5-11-10-12(14)6-7-13(11)15/h3,5-7,10,16H,2,4,8-9H2,1H3. The summed E-state index contributed by atoms with van der Waals surface area (Å²) in [6.07, 6.45) is 5.38. The molecule has 0 atom stereocenters. The Bertz CT molecular complexity index is 348. The third-order valence-corrected chi connectivity index (χ3v) is 2.17. The van der Waals surface area contributed by atoms with Crippen LogP contribution in [0.15, 0.2) is 24.3 Å². The molecule has 0 saturated carbocycles. The molecule has 16 heavy (non-hydrogen) atoms. The molecule has 0 unspecified atom stereocenters. The van der Waals surface area contributed by atoms with Crippen LogP contribution in [0.3, 0.4) is 0 Å². The first-order chi connectivity index (χ1) is 7.74. The van der Waals surface area contributed by atoms with Crippen molar-refractivity contribution in [1.29, 1.82) is 0 Å². The van der Waals surface area contributed by atoms with Gasteiger partial charge < -0.3 is 5.32 Å². The fraction of sp³-hybridized carbons (Fsp3) is 0.385. The summed E-state index contributed by atoms with van der Waals surface area (Å²) in [5, 5.41) is 3.23. The lowest BCUT2D eigenvalue weighted by atomic mass is 10.2. The zero-order chi connectivity index (χ0) is 11.8. The first-order valence-electron chi connectivity index (χ1n) is 5.56. The van der Waals surface area contributed by atoms with Crippen LogP contribution in [-0.2, 0) is 0 Å². The molecule has 1 N–H and O–H groups in total. The predicted octanol–water partition coefficient (Wildman–Crippen LogP) is 3.37. The quantitative estimate of drug-likeness (QED) is 0.732. The molecule has 0 amide bonds. The molecule has 1 aromatic carbocycles. The maximum atomic E-state index is 13.2. The number of hydrogen-bond donors (Lipinski definition) is 1.